The Morgan fingerprint density at radius 2 is 1.91 bits per heavy atom. The normalized spacial score (nSPS) is 20.2. The molecule has 0 saturated carbocycles. The van der Waals surface area contributed by atoms with Crippen molar-refractivity contribution in [1.82, 2.24) is 19.5 Å². The highest BCUT2D eigenvalue weighted by Crippen LogP contribution is 2.26. The Bertz CT molecular complexity index is 689. The summed E-state index contributed by atoms with van der Waals surface area (Å²) in [6.45, 7) is 3.61. The van der Waals surface area contributed by atoms with Crippen LogP contribution in [-0.4, -0.2) is 63.1 Å². The third-order valence-electron chi connectivity index (χ3n) is 4.77. The lowest BCUT2D eigenvalue weighted by atomic mass is 9.95. The van der Waals surface area contributed by atoms with E-state index in [1.54, 1.807) is 12.4 Å². The molecule has 2 aliphatic heterocycles. The van der Waals surface area contributed by atoms with Crippen molar-refractivity contribution in [3.63, 3.8) is 0 Å². The van der Waals surface area contributed by atoms with Crippen molar-refractivity contribution in [2.45, 2.75) is 12.8 Å². The van der Waals surface area contributed by atoms with E-state index in [1.165, 1.54) is 0 Å². The van der Waals surface area contributed by atoms with Crippen molar-refractivity contribution < 1.29 is 4.79 Å². The van der Waals surface area contributed by atoms with Gasteiger partial charge >= 0.3 is 0 Å². The number of nitrogens with zero attached hydrogens (tertiary/aromatic N) is 5. The first kappa shape index (κ1) is 14.8. The van der Waals surface area contributed by atoms with E-state index in [0.717, 1.165) is 61.9 Å². The summed E-state index contributed by atoms with van der Waals surface area (Å²) in [5, 5.41) is 4.27. The molecule has 6 nitrogen and oxygen atoms in total. The minimum Gasteiger partial charge on any atom is -0.355 e. The number of carbonyl (C=O) groups excluding carboxylic acids is 1. The summed E-state index contributed by atoms with van der Waals surface area (Å²) in [6, 6.07) is 1.99. The number of amides is 1. The average molecular weight is 331 g/mol. The first-order chi connectivity index (χ1) is 11.3. The molecule has 2 aliphatic rings. The van der Waals surface area contributed by atoms with Crippen LogP contribution in [0, 0.1) is 5.92 Å². The summed E-state index contributed by atoms with van der Waals surface area (Å²) >= 11 is 1.94. The Labute approximate surface area is 139 Å². The molecule has 4 heterocycles. The number of piperidine rings is 1. The predicted molar refractivity (Wildman–Crippen MR) is 91.8 cm³/mol. The van der Waals surface area contributed by atoms with Crippen LogP contribution >= 0.6 is 11.8 Å². The van der Waals surface area contributed by atoms with Crippen molar-refractivity contribution in [2.75, 3.05) is 42.6 Å². The van der Waals surface area contributed by atoms with E-state index in [9.17, 15) is 4.79 Å². The Hall–Kier alpha value is -1.76. The Morgan fingerprint density at radius 1 is 1.13 bits per heavy atom. The predicted octanol–water partition coefficient (Wildman–Crippen LogP) is 1.52. The van der Waals surface area contributed by atoms with Gasteiger partial charge in [-0.15, -0.1) is 0 Å². The van der Waals surface area contributed by atoms with Crippen molar-refractivity contribution in [3.8, 4) is 0 Å². The second-order valence-electron chi connectivity index (χ2n) is 6.11. The fourth-order valence-electron chi connectivity index (χ4n) is 3.47. The molecule has 0 N–H and O–H groups in total. The molecule has 1 amide bonds. The smallest absolute Gasteiger partial charge is 0.225 e. The molecule has 0 unspecified atom stereocenters. The SMILES string of the molecule is O=C(C1CCN(c2nccn3nccc23)CC1)N1CCSCC1. The van der Waals surface area contributed by atoms with Crippen LogP contribution in [0.3, 0.4) is 0 Å². The monoisotopic (exact) mass is 331 g/mol. The van der Waals surface area contributed by atoms with Crippen LogP contribution < -0.4 is 4.90 Å². The van der Waals surface area contributed by atoms with Gasteiger partial charge in [-0.3, -0.25) is 4.79 Å². The number of hydrogen-bond donors (Lipinski definition) is 0. The molecule has 7 heteroatoms. The molecule has 0 aliphatic carbocycles. The zero-order chi connectivity index (χ0) is 15.6. The van der Waals surface area contributed by atoms with E-state index < -0.39 is 0 Å². The van der Waals surface area contributed by atoms with Crippen molar-refractivity contribution >= 4 is 29.0 Å². The lowest BCUT2D eigenvalue weighted by Gasteiger charge is -2.36. The number of thioether (sulfide) groups is 1. The lowest BCUT2D eigenvalue weighted by Crippen LogP contribution is -2.45. The Kier molecular flexibility index (Phi) is 4.11. The van der Waals surface area contributed by atoms with Gasteiger partial charge in [-0.2, -0.15) is 16.9 Å². The van der Waals surface area contributed by atoms with Crippen molar-refractivity contribution in [1.29, 1.82) is 0 Å². The van der Waals surface area contributed by atoms with Gasteiger partial charge in [-0.05, 0) is 18.9 Å². The van der Waals surface area contributed by atoms with Crippen LogP contribution in [-0.2, 0) is 4.79 Å². The van der Waals surface area contributed by atoms with Crippen LogP contribution in [0.5, 0.6) is 0 Å². The van der Waals surface area contributed by atoms with E-state index in [1.807, 2.05) is 28.5 Å². The van der Waals surface area contributed by atoms with Crippen LogP contribution in [0.1, 0.15) is 12.8 Å². The Morgan fingerprint density at radius 3 is 2.70 bits per heavy atom. The second kappa shape index (κ2) is 6.39. The summed E-state index contributed by atoms with van der Waals surface area (Å²) in [7, 11) is 0. The third-order valence-corrected chi connectivity index (χ3v) is 5.71. The number of aromatic nitrogens is 3. The summed E-state index contributed by atoms with van der Waals surface area (Å²) in [5.74, 6) is 3.68. The molecule has 2 aromatic rings. The molecule has 2 aromatic heterocycles. The number of anilines is 1. The van der Waals surface area contributed by atoms with E-state index in [2.05, 4.69) is 19.9 Å². The molecule has 0 spiro atoms. The molecule has 2 saturated heterocycles. The highest BCUT2D eigenvalue weighted by molar-refractivity contribution is 7.99. The summed E-state index contributed by atoms with van der Waals surface area (Å²) < 4.78 is 1.85. The quantitative estimate of drug-likeness (QED) is 0.835. The fourth-order valence-corrected chi connectivity index (χ4v) is 4.37. The average Bonchev–Trinajstić information content (AvgIpc) is 3.11. The van der Waals surface area contributed by atoms with Gasteiger partial charge in [0.05, 0.1) is 6.20 Å². The summed E-state index contributed by atoms with van der Waals surface area (Å²) in [5.41, 5.74) is 1.03. The highest BCUT2D eigenvalue weighted by Gasteiger charge is 2.30. The number of rotatable bonds is 2. The highest BCUT2D eigenvalue weighted by atomic mass is 32.2. The fraction of sp³-hybridized carbons (Fsp3) is 0.562. The zero-order valence-electron chi connectivity index (χ0n) is 13.1. The molecular formula is C16H21N5OS. The van der Waals surface area contributed by atoms with Crippen LogP contribution in [0.2, 0.25) is 0 Å². The lowest BCUT2D eigenvalue weighted by molar-refractivity contribution is -0.135. The molecule has 0 atom stereocenters. The van der Waals surface area contributed by atoms with Gasteiger partial charge in [-0.25, -0.2) is 9.50 Å². The maximum atomic E-state index is 12.6. The van der Waals surface area contributed by atoms with Gasteiger partial charge < -0.3 is 9.80 Å². The maximum absolute atomic E-state index is 12.6. The van der Waals surface area contributed by atoms with Crippen LogP contribution in [0.25, 0.3) is 5.52 Å². The largest absolute Gasteiger partial charge is 0.355 e. The van der Waals surface area contributed by atoms with E-state index in [-0.39, 0.29) is 5.92 Å². The topological polar surface area (TPSA) is 53.7 Å². The van der Waals surface area contributed by atoms with Gasteiger partial charge in [0.25, 0.3) is 0 Å². The minimum absolute atomic E-state index is 0.180. The van der Waals surface area contributed by atoms with Gasteiger partial charge in [0, 0.05) is 56.0 Å². The van der Waals surface area contributed by atoms with Gasteiger partial charge in [0.1, 0.15) is 5.52 Å². The number of fused-ring (bicyclic) bond motifs is 1. The van der Waals surface area contributed by atoms with Gasteiger partial charge in [0.2, 0.25) is 5.91 Å². The standard InChI is InChI=1S/C16H21N5OS/c22-16(20-9-11-23-12-10-20)13-2-6-19(7-3-13)15-14-1-4-18-21(14)8-5-17-15/h1,4-5,8,13H,2-3,6-7,9-12H2. The van der Waals surface area contributed by atoms with E-state index in [4.69, 9.17) is 0 Å². The van der Waals surface area contributed by atoms with Crippen molar-refractivity contribution in [2.24, 2.45) is 5.92 Å². The van der Waals surface area contributed by atoms with Crippen LogP contribution in [0.4, 0.5) is 5.82 Å². The minimum atomic E-state index is 0.180. The van der Waals surface area contributed by atoms with Gasteiger partial charge in [0.15, 0.2) is 5.82 Å². The van der Waals surface area contributed by atoms with Crippen LogP contribution in [0.15, 0.2) is 24.7 Å². The first-order valence-electron chi connectivity index (χ1n) is 8.23. The van der Waals surface area contributed by atoms with Crippen molar-refractivity contribution in [3.05, 3.63) is 24.7 Å². The molecule has 23 heavy (non-hydrogen) atoms. The molecule has 2 fully saturated rings. The van der Waals surface area contributed by atoms with Gasteiger partial charge in [-0.1, -0.05) is 0 Å². The summed E-state index contributed by atoms with van der Waals surface area (Å²) in [4.78, 5) is 21.5. The third kappa shape index (κ3) is 2.89. The molecule has 0 bridgehead atoms. The number of carbonyl (C=O) groups is 1. The molecule has 0 aromatic carbocycles. The second-order valence-corrected chi connectivity index (χ2v) is 7.34. The first-order valence-corrected chi connectivity index (χ1v) is 9.38. The van der Waals surface area contributed by atoms with E-state index in [0.29, 0.717) is 5.91 Å². The molecular weight excluding hydrogens is 310 g/mol. The van der Waals surface area contributed by atoms with E-state index >= 15 is 0 Å². The maximum Gasteiger partial charge on any atom is 0.225 e. The molecule has 0 radical (unpaired) electrons. The zero-order valence-corrected chi connectivity index (χ0v) is 13.9. The summed E-state index contributed by atoms with van der Waals surface area (Å²) in [6.07, 6.45) is 7.28. The molecule has 4 rings (SSSR count). The Balaban J connectivity index is 1.42. The number of hydrogen-bond acceptors (Lipinski definition) is 5. The molecule has 122 valence electrons.